The van der Waals surface area contributed by atoms with E-state index in [-0.39, 0.29) is 11.3 Å². The third kappa shape index (κ3) is 5.71. The fourth-order valence-corrected chi connectivity index (χ4v) is 5.50. The van der Waals surface area contributed by atoms with Gasteiger partial charge in [0.05, 0.1) is 37.1 Å². The summed E-state index contributed by atoms with van der Waals surface area (Å²) in [6.07, 6.45) is 4.08. The topological polar surface area (TPSA) is 106 Å². The molecule has 2 aliphatic heterocycles. The van der Waals surface area contributed by atoms with E-state index in [9.17, 15) is 14.7 Å². The predicted octanol–water partition coefficient (Wildman–Crippen LogP) is 3.75. The Bertz CT molecular complexity index is 1470. The van der Waals surface area contributed by atoms with Crippen LogP contribution in [0.2, 0.25) is 0 Å². The van der Waals surface area contributed by atoms with Crippen molar-refractivity contribution in [3.63, 3.8) is 0 Å². The third-order valence-electron chi connectivity index (χ3n) is 7.39. The molecule has 1 amide bonds. The van der Waals surface area contributed by atoms with Gasteiger partial charge in [0, 0.05) is 32.4 Å². The van der Waals surface area contributed by atoms with Gasteiger partial charge in [0.15, 0.2) is 17.3 Å². The van der Waals surface area contributed by atoms with Gasteiger partial charge in [0.2, 0.25) is 0 Å². The van der Waals surface area contributed by atoms with Crippen molar-refractivity contribution < 1.29 is 28.9 Å². The van der Waals surface area contributed by atoms with E-state index in [2.05, 4.69) is 16.5 Å². The number of carbonyl (C=O) groups is 2. The number of aromatic nitrogens is 2. The fourth-order valence-electron chi connectivity index (χ4n) is 5.50. The highest BCUT2D eigenvalue weighted by molar-refractivity contribution is 6.46. The Kier molecular flexibility index (Phi) is 8.70. The van der Waals surface area contributed by atoms with Gasteiger partial charge < -0.3 is 24.2 Å². The Morgan fingerprint density at radius 2 is 1.95 bits per heavy atom. The molecule has 0 saturated carbocycles. The molecule has 0 spiro atoms. The average Bonchev–Trinajstić information content (AvgIpc) is 3.45. The maximum absolute atomic E-state index is 13.6. The van der Waals surface area contributed by atoms with Crippen LogP contribution < -0.4 is 9.47 Å². The predicted molar refractivity (Wildman–Crippen MR) is 154 cm³/mol. The zero-order valence-electron chi connectivity index (χ0n) is 23.5. The molecule has 0 aliphatic carbocycles. The highest BCUT2D eigenvalue weighted by atomic mass is 16.5. The van der Waals surface area contributed by atoms with Gasteiger partial charge in [-0.15, -0.1) is 0 Å². The molecule has 1 atom stereocenters. The number of ketones is 1. The summed E-state index contributed by atoms with van der Waals surface area (Å²) >= 11 is 0. The summed E-state index contributed by atoms with van der Waals surface area (Å²) in [6, 6.07) is 10.0. The van der Waals surface area contributed by atoms with Gasteiger partial charge in [0.1, 0.15) is 17.9 Å². The summed E-state index contributed by atoms with van der Waals surface area (Å²) in [5, 5.41) is 11.7. The van der Waals surface area contributed by atoms with Crippen molar-refractivity contribution in [2.24, 2.45) is 0 Å². The molecule has 4 heterocycles. The van der Waals surface area contributed by atoms with Gasteiger partial charge in [0.25, 0.3) is 11.7 Å². The Morgan fingerprint density at radius 1 is 1.15 bits per heavy atom. The molecule has 2 aliphatic rings. The molecule has 2 fully saturated rings. The number of imidazole rings is 1. The molecule has 3 aromatic rings. The summed E-state index contributed by atoms with van der Waals surface area (Å²) in [7, 11) is 0. The van der Waals surface area contributed by atoms with Crippen LogP contribution in [0, 0.1) is 6.92 Å². The van der Waals surface area contributed by atoms with Crippen LogP contribution in [-0.4, -0.2) is 88.6 Å². The standard InChI is InChI=1S/C31H36N4O6/c1-4-17-41-23-11-10-22(20-24(23)40-5-2)28-26(29(36)27-21(3)32-25-9-6-7-13-34(25)27)30(37)31(38)35(28)14-8-12-33-15-18-39-19-16-33/h4,6-7,9-11,13,20,28,36H,1,5,8,12,14-19H2,2-3H3. The fraction of sp³-hybridized carbons (Fsp3) is 0.387. The van der Waals surface area contributed by atoms with Crippen molar-refractivity contribution in [1.82, 2.24) is 19.2 Å². The van der Waals surface area contributed by atoms with Crippen molar-refractivity contribution in [3.8, 4) is 11.5 Å². The zero-order chi connectivity index (χ0) is 28.9. The van der Waals surface area contributed by atoms with Crippen molar-refractivity contribution in [2.45, 2.75) is 26.3 Å². The minimum absolute atomic E-state index is 0.0253. The van der Waals surface area contributed by atoms with E-state index in [1.54, 1.807) is 46.7 Å². The molecule has 0 bridgehead atoms. The van der Waals surface area contributed by atoms with E-state index in [0.717, 1.165) is 19.6 Å². The van der Waals surface area contributed by atoms with Gasteiger partial charge in [-0.2, -0.15) is 0 Å². The van der Waals surface area contributed by atoms with Gasteiger partial charge in [-0.1, -0.05) is 24.8 Å². The summed E-state index contributed by atoms with van der Waals surface area (Å²) in [4.78, 5) is 35.6. The molecule has 10 nitrogen and oxygen atoms in total. The number of ether oxygens (including phenoxy) is 3. The van der Waals surface area contributed by atoms with E-state index in [1.165, 1.54) is 0 Å². The normalized spacial score (nSPS) is 19.2. The number of aliphatic hydroxyl groups excluding tert-OH is 1. The maximum atomic E-state index is 13.6. The van der Waals surface area contributed by atoms with E-state index in [4.69, 9.17) is 14.2 Å². The van der Waals surface area contributed by atoms with E-state index in [0.29, 0.717) is 73.5 Å². The molecule has 1 aromatic carbocycles. The first-order valence-electron chi connectivity index (χ1n) is 14.0. The number of morpholine rings is 1. The molecular formula is C31H36N4O6. The van der Waals surface area contributed by atoms with E-state index in [1.807, 2.05) is 25.1 Å². The number of hydrogen-bond donors (Lipinski definition) is 1. The first-order chi connectivity index (χ1) is 19.9. The number of pyridine rings is 1. The van der Waals surface area contributed by atoms with Crippen LogP contribution in [0.15, 0.2) is 60.8 Å². The second-order valence-electron chi connectivity index (χ2n) is 10.0. The summed E-state index contributed by atoms with van der Waals surface area (Å²) < 4.78 is 18.8. The number of aliphatic hydroxyl groups is 1. The van der Waals surface area contributed by atoms with Crippen LogP contribution in [0.1, 0.15) is 36.3 Å². The SMILES string of the molecule is C=CCOc1ccc(C2C(=C(O)c3c(C)nc4ccccn34)C(=O)C(=O)N2CCCN2CCOCC2)cc1OCC. The lowest BCUT2D eigenvalue weighted by Gasteiger charge is -2.29. The molecule has 5 rings (SSSR count). The Hall–Kier alpha value is -4.15. The number of likely N-dealkylation sites (tertiary alicyclic amines) is 1. The number of nitrogens with zero attached hydrogens (tertiary/aromatic N) is 4. The molecule has 0 radical (unpaired) electrons. The first-order valence-corrected chi connectivity index (χ1v) is 14.0. The van der Waals surface area contributed by atoms with Crippen molar-refractivity contribution >= 4 is 23.1 Å². The van der Waals surface area contributed by atoms with Crippen LogP contribution in [0.5, 0.6) is 11.5 Å². The monoisotopic (exact) mass is 560 g/mol. The molecular weight excluding hydrogens is 524 g/mol. The Balaban J connectivity index is 1.58. The second-order valence-corrected chi connectivity index (χ2v) is 10.0. The number of rotatable bonds is 11. The first kappa shape index (κ1) is 28.4. The highest BCUT2D eigenvalue weighted by Crippen LogP contribution is 2.42. The largest absolute Gasteiger partial charge is 0.505 e. The summed E-state index contributed by atoms with van der Waals surface area (Å²) in [5.74, 6) is -0.622. The van der Waals surface area contributed by atoms with Crippen LogP contribution in [0.25, 0.3) is 11.4 Å². The number of benzene rings is 1. The average molecular weight is 561 g/mol. The van der Waals surface area contributed by atoms with Crippen molar-refractivity contribution in [1.29, 1.82) is 0 Å². The van der Waals surface area contributed by atoms with E-state index >= 15 is 0 Å². The van der Waals surface area contributed by atoms with Crippen LogP contribution in [0.4, 0.5) is 0 Å². The number of fused-ring (bicyclic) bond motifs is 1. The number of Topliss-reactive ketones (excluding diaryl/α,β-unsaturated/α-hetero) is 1. The van der Waals surface area contributed by atoms with Crippen LogP contribution in [-0.2, 0) is 14.3 Å². The van der Waals surface area contributed by atoms with E-state index < -0.39 is 17.7 Å². The number of carbonyl (C=O) groups excluding carboxylic acids is 2. The molecule has 10 heteroatoms. The Labute approximate surface area is 239 Å². The summed E-state index contributed by atoms with van der Waals surface area (Å²) in [5.41, 5.74) is 2.22. The van der Waals surface area contributed by atoms with Gasteiger partial charge in [-0.05, 0) is 50.1 Å². The minimum Gasteiger partial charge on any atom is -0.505 e. The third-order valence-corrected chi connectivity index (χ3v) is 7.39. The lowest BCUT2D eigenvalue weighted by molar-refractivity contribution is -0.140. The second kappa shape index (κ2) is 12.6. The molecule has 1 N–H and O–H groups in total. The van der Waals surface area contributed by atoms with Crippen LogP contribution >= 0.6 is 0 Å². The number of amides is 1. The number of hydrogen-bond acceptors (Lipinski definition) is 8. The highest BCUT2D eigenvalue weighted by Gasteiger charge is 2.46. The van der Waals surface area contributed by atoms with Gasteiger partial charge in [-0.3, -0.25) is 18.9 Å². The Morgan fingerprint density at radius 3 is 2.71 bits per heavy atom. The lowest BCUT2D eigenvalue weighted by Crippen LogP contribution is -2.39. The van der Waals surface area contributed by atoms with Crippen LogP contribution in [0.3, 0.4) is 0 Å². The molecule has 216 valence electrons. The van der Waals surface area contributed by atoms with Crippen molar-refractivity contribution in [3.05, 3.63) is 77.8 Å². The molecule has 1 unspecified atom stereocenters. The maximum Gasteiger partial charge on any atom is 0.295 e. The molecule has 41 heavy (non-hydrogen) atoms. The van der Waals surface area contributed by atoms with Gasteiger partial charge >= 0.3 is 0 Å². The molecule has 2 saturated heterocycles. The quantitative estimate of drug-likeness (QED) is 0.164. The lowest BCUT2D eigenvalue weighted by atomic mass is 9.95. The smallest absolute Gasteiger partial charge is 0.295 e. The van der Waals surface area contributed by atoms with Crippen molar-refractivity contribution in [2.75, 3.05) is 52.6 Å². The zero-order valence-corrected chi connectivity index (χ0v) is 23.5. The van der Waals surface area contributed by atoms with Gasteiger partial charge in [-0.25, -0.2) is 4.98 Å². The minimum atomic E-state index is -0.819. The summed E-state index contributed by atoms with van der Waals surface area (Å²) in [6.45, 7) is 12.2. The number of aryl methyl sites for hydroxylation is 1. The molecule has 2 aromatic heterocycles.